The number of methoxy groups -OCH3 is 1. The van der Waals surface area contributed by atoms with Crippen molar-refractivity contribution in [3.63, 3.8) is 0 Å². The Balaban J connectivity index is 1.75. The van der Waals surface area contributed by atoms with Crippen LogP contribution in [0.25, 0.3) is 0 Å². The van der Waals surface area contributed by atoms with Crippen LogP contribution in [0, 0.1) is 5.92 Å². The van der Waals surface area contributed by atoms with Crippen molar-refractivity contribution in [2.24, 2.45) is 10.9 Å². The van der Waals surface area contributed by atoms with Crippen molar-refractivity contribution in [1.82, 2.24) is 4.57 Å². The van der Waals surface area contributed by atoms with Gasteiger partial charge in [-0.05, 0) is 37.0 Å². The second-order valence-corrected chi connectivity index (χ2v) is 8.22. The van der Waals surface area contributed by atoms with Crippen molar-refractivity contribution in [3.05, 3.63) is 44.2 Å². The lowest BCUT2D eigenvalue weighted by Crippen LogP contribution is -2.27. The first-order chi connectivity index (χ1) is 12.7. The maximum absolute atomic E-state index is 12.8. The Labute approximate surface area is 161 Å². The molecule has 26 heavy (non-hydrogen) atoms. The van der Waals surface area contributed by atoms with E-state index in [9.17, 15) is 4.79 Å². The highest BCUT2D eigenvalue weighted by Crippen LogP contribution is 2.30. The molecule has 1 saturated carbocycles. The molecule has 2 aliphatic rings. The van der Waals surface area contributed by atoms with Gasteiger partial charge in [0.15, 0.2) is 4.80 Å². The Kier molecular flexibility index (Phi) is 5.16. The maximum Gasteiger partial charge on any atom is 0.283 e. The van der Waals surface area contributed by atoms with Crippen LogP contribution in [0.1, 0.15) is 40.2 Å². The molecule has 1 aliphatic carbocycles. The largest absolute Gasteiger partial charge is 0.496 e. The standard InChI is InChI=1S/C19H21ClN2O3S/c1-24-16-6-5-13(20)9-14(16)18(23)21-19-22(10-12-3-2-4-12)15-7-8-25-11-17(15)26-19/h5-6,9,12H,2-4,7-8,10-11H2,1H3. The first-order valence-electron chi connectivity index (χ1n) is 8.87. The van der Waals surface area contributed by atoms with Gasteiger partial charge >= 0.3 is 0 Å². The highest BCUT2D eigenvalue weighted by Gasteiger charge is 2.24. The summed E-state index contributed by atoms with van der Waals surface area (Å²) in [6.07, 6.45) is 4.68. The van der Waals surface area contributed by atoms with Gasteiger partial charge in [0, 0.05) is 23.7 Å². The number of hydrogen-bond acceptors (Lipinski definition) is 4. The molecule has 1 aromatic carbocycles. The molecule has 7 heteroatoms. The van der Waals surface area contributed by atoms with Crippen molar-refractivity contribution < 1.29 is 14.3 Å². The molecule has 0 bridgehead atoms. The fraction of sp³-hybridized carbons (Fsp3) is 0.474. The molecule has 0 spiro atoms. The van der Waals surface area contributed by atoms with Crippen molar-refractivity contribution >= 4 is 28.8 Å². The van der Waals surface area contributed by atoms with Gasteiger partial charge in [0.05, 0.1) is 30.8 Å². The molecule has 1 fully saturated rings. The van der Waals surface area contributed by atoms with Crippen molar-refractivity contribution in [2.45, 2.75) is 38.8 Å². The summed E-state index contributed by atoms with van der Waals surface area (Å²) in [4.78, 5) is 19.2. The van der Waals surface area contributed by atoms with E-state index in [0.29, 0.717) is 28.9 Å². The number of aromatic nitrogens is 1. The summed E-state index contributed by atoms with van der Waals surface area (Å²) in [5, 5.41) is 0.491. The SMILES string of the molecule is COc1ccc(Cl)cc1C(=O)N=c1sc2c(n1CC1CCC1)CCOC2. The molecular formula is C19H21ClN2O3S. The third-order valence-corrected chi connectivity index (χ3v) is 6.39. The van der Waals surface area contributed by atoms with Gasteiger partial charge in [0.1, 0.15) is 5.75 Å². The minimum Gasteiger partial charge on any atom is -0.496 e. The van der Waals surface area contributed by atoms with Crippen LogP contribution in [0.4, 0.5) is 0 Å². The van der Waals surface area contributed by atoms with Crippen LogP contribution < -0.4 is 9.54 Å². The van der Waals surface area contributed by atoms with E-state index in [-0.39, 0.29) is 5.91 Å². The summed E-state index contributed by atoms with van der Waals surface area (Å²) in [5.74, 6) is 0.843. The second-order valence-electron chi connectivity index (χ2n) is 6.73. The summed E-state index contributed by atoms with van der Waals surface area (Å²) >= 11 is 7.62. The van der Waals surface area contributed by atoms with Gasteiger partial charge in [-0.15, -0.1) is 0 Å². The number of fused-ring (bicyclic) bond motifs is 1. The van der Waals surface area contributed by atoms with Crippen LogP contribution >= 0.6 is 22.9 Å². The van der Waals surface area contributed by atoms with E-state index in [1.165, 1.54) is 36.9 Å². The molecule has 0 N–H and O–H groups in total. The van der Waals surface area contributed by atoms with Gasteiger partial charge in [-0.3, -0.25) is 4.79 Å². The van der Waals surface area contributed by atoms with Crippen molar-refractivity contribution in [2.75, 3.05) is 13.7 Å². The number of hydrogen-bond donors (Lipinski definition) is 0. The Morgan fingerprint density at radius 1 is 1.46 bits per heavy atom. The van der Waals surface area contributed by atoms with E-state index in [1.807, 2.05) is 0 Å². The molecule has 4 rings (SSSR count). The first kappa shape index (κ1) is 17.8. The Morgan fingerprint density at radius 2 is 2.31 bits per heavy atom. The molecule has 0 radical (unpaired) electrons. The number of amides is 1. The van der Waals surface area contributed by atoms with E-state index in [2.05, 4.69) is 9.56 Å². The van der Waals surface area contributed by atoms with E-state index < -0.39 is 0 Å². The molecule has 0 unspecified atom stereocenters. The van der Waals surface area contributed by atoms with Crippen LogP contribution in [0.2, 0.25) is 5.02 Å². The number of carbonyl (C=O) groups excluding carboxylic acids is 1. The number of rotatable bonds is 4. The van der Waals surface area contributed by atoms with Gasteiger partial charge in [0.2, 0.25) is 0 Å². The Bertz CT molecular complexity index is 899. The van der Waals surface area contributed by atoms with E-state index in [1.54, 1.807) is 29.5 Å². The van der Waals surface area contributed by atoms with Gasteiger partial charge < -0.3 is 14.0 Å². The molecule has 2 heterocycles. The van der Waals surface area contributed by atoms with Gasteiger partial charge in [-0.1, -0.05) is 29.4 Å². The van der Waals surface area contributed by atoms with Gasteiger partial charge in [-0.25, -0.2) is 0 Å². The smallest absolute Gasteiger partial charge is 0.283 e. The zero-order chi connectivity index (χ0) is 18.1. The number of nitrogens with zero attached hydrogens (tertiary/aromatic N) is 2. The van der Waals surface area contributed by atoms with E-state index in [4.69, 9.17) is 21.1 Å². The van der Waals surface area contributed by atoms with Crippen molar-refractivity contribution in [1.29, 1.82) is 0 Å². The molecule has 1 amide bonds. The topological polar surface area (TPSA) is 52.8 Å². The summed E-state index contributed by atoms with van der Waals surface area (Å²) < 4.78 is 13.1. The highest BCUT2D eigenvalue weighted by atomic mass is 35.5. The monoisotopic (exact) mass is 392 g/mol. The number of thiazole rings is 1. The zero-order valence-electron chi connectivity index (χ0n) is 14.7. The minimum absolute atomic E-state index is 0.328. The van der Waals surface area contributed by atoms with Crippen LogP contribution in [0.5, 0.6) is 5.75 Å². The predicted molar refractivity (Wildman–Crippen MR) is 101 cm³/mol. The van der Waals surface area contributed by atoms with Crippen molar-refractivity contribution in [3.8, 4) is 5.75 Å². The quantitative estimate of drug-likeness (QED) is 0.794. The summed E-state index contributed by atoms with van der Waals surface area (Å²) in [6, 6.07) is 5.01. The molecule has 1 aromatic heterocycles. The van der Waals surface area contributed by atoms with E-state index in [0.717, 1.165) is 24.4 Å². The maximum atomic E-state index is 12.8. The molecule has 5 nitrogen and oxygen atoms in total. The van der Waals surface area contributed by atoms with Gasteiger partial charge in [-0.2, -0.15) is 4.99 Å². The second kappa shape index (κ2) is 7.55. The average molecular weight is 393 g/mol. The van der Waals surface area contributed by atoms with Gasteiger partial charge in [0.25, 0.3) is 5.91 Å². The van der Waals surface area contributed by atoms with Crippen LogP contribution in [-0.2, 0) is 24.3 Å². The summed E-state index contributed by atoms with van der Waals surface area (Å²) in [6.45, 7) is 2.27. The normalized spacial score (nSPS) is 17.7. The molecule has 2 aromatic rings. The number of halogens is 1. The lowest BCUT2D eigenvalue weighted by atomic mass is 9.85. The fourth-order valence-electron chi connectivity index (χ4n) is 3.41. The third-order valence-electron chi connectivity index (χ3n) is 5.06. The molecule has 0 atom stereocenters. The summed E-state index contributed by atoms with van der Waals surface area (Å²) in [5.41, 5.74) is 1.66. The highest BCUT2D eigenvalue weighted by molar-refractivity contribution is 7.09. The Morgan fingerprint density at radius 3 is 3.04 bits per heavy atom. The minimum atomic E-state index is -0.328. The van der Waals surface area contributed by atoms with Crippen LogP contribution in [0.3, 0.4) is 0 Å². The average Bonchev–Trinajstić information content (AvgIpc) is 2.95. The van der Waals surface area contributed by atoms with E-state index >= 15 is 0 Å². The zero-order valence-corrected chi connectivity index (χ0v) is 16.2. The lowest BCUT2D eigenvalue weighted by Gasteiger charge is -2.27. The third kappa shape index (κ3) is 3.46. The molecule has 0 saturated heterocycles. The summed E-state index contributed by atoms with van der Waals surface area (Å²) in [7, 11) is 1.54. The fourth-order valence-corrected chi connectivity index (χ4v) is 4.70. The predicted octanol–water partition coefficient (Wildman–Crippen LogP) is 3.83. The van der Waals surface area contributed by atoms with Crippen LogP contribution in [0.15, 0.2) is 23.2 Å². The number of benzene rings is 1. The number of carbonyl (C=O) groups is 1. The van der Waals surface area contributed by atoms with Crippen LogP contribution in [-0.4, -0.2) is 24.2 Å². The first-order valence-corrected chi connectivity index (χ1v) is 10.1. The Hall–Kier alpha value is -1.63. The molecule has 1 aliphatic heterocycles. The lowest BCUT2D eigenvalue weighted by molar-refractivity contribution is 0.0994. The molecule has 138 valence electrons. The molecular weight excluding hydrogens is 372 g/mol. The number of ether oxygens (including phenoxy) is 2.